The molecule has 0 aliphatic heterocycles. The molecule has 0 saturated heterocycles. The number of rotatable bonds is 4. The summed E-state index contributed by atoms with van der Waals surface area (Å²) in [6, 6.07) is 10.3. The molecule has 0 N–H and O–H groups in total. The van der Waals surface area contributed by atoms with E-state index in [0.29, 0.717) is 6.07 Å². The molecule has 9 heteroatoms. The lowest BCUT2D eigenvalue weighted by molar-refractivity contribution is -0.138. The minimum atomic E-state index is -4.86. The number of sulfonamides is 1. The van der Waals surface area contributed by atoms with Crippen molar-refractivity contribution in [2.45, 2.75) is 11.1 Å². The molecule has 2 rings (SSSR count). The van der Waals surface area contributed by atoms with E-state index in [0.717, 1.165) is 24.3 Å². The Morgan fingerprint density at radius 3 is 2.41 bits per heavy atom. The predicted octanol–water partition coefficient (Wildman–Crippen LogP) is 3.04. The van der Waals surface area contributed by atoms with Gasteiger partial charge in [-0.05, 0) is 30.3 Å². The summed E-state index contributed by atoms with van der Waals surface area (Å²) >= 11 is 0. The zero-order valence-corrected chi connectivity index (χ0v) is 14.4. The van der Waals surface area contributed by atoms with Crippen LogP contribution in [-0.4, -0.2) is 25.2 Å². The van der Waals surface area contributed by atoms with E-state index in [9.17, 15) is 26.4 Å². The number of alkyl halides is 3. The number of nitrogens with zero attached hydrogens (tertiary/aromatic N) is 2. The van der Waals surface area contributed by atoms with Crippen LogP contribution in [0.3, 0.4) is 0 Å². The van der Waals surface area contributed by atoms with Gasteiger partial charge in [0, 0.05) is 0 Å². The van der Waals surface area contributed by atoms with Crippen LogP contribution in [0.25, 0.3) is 0 Å². The molecule has 0 bridgehead atoms. The number of hydrogen-bond acceptors (Lipinski definition) is 4. The first-order chi connectivity index (χ1) is 12.6. The Hall–Kier alpha value is -3.30. The predicted molar refractivity (Wildman–Crippen MR) is 89.7 cm³/mol. The Kier molecular flexibility index (Phi) is 5.58. The molecule has 0 aliphatic carbocycles. The summed E-state index contributed by atoms with van der Waals surface area (Å²) in [4.78, 5) is 12.2. The molecule has 0 unspecified atom stereocenters. The van der Waals surface area contributed by atoms with Crippen LogP contribution in [0.5, 0.6) is 0 Å². The van der Waals surface area contributed by atoms with Crippen LogP contribution >= 0.6 is 0 Å². The molecule has 0 aromatic heterocycles. The van der Waals surface area contributed by atoms with Gasteiger partial charge in [-0.3, -0.25) is 4.79 Å². The normalized spacial score (nSPS) is 11.3. The van der Waals surface area contributed by atoms with Crippen LogP contribution < -0.4 is 0 Å². The molecule has 0 fully saturated rings. The SMILES string of the molecule is C#CCN(C(=O)c1ccccc1C(F)(F)F)S(=O)(=O)c1cccc(C#N)c1. The highest BCUT2D eigenvalue weighted by Crippen LogP contribution is 2.33. The molecule has 0 atom stereocenters. The quantitative estimate of drug-likeness (QED) is 0.750. The van der Waals surface area contributed by atoms with Gasteiger partial charge in [0.25, 0.3) is 15.9 Å². The lowest BCUT2D eigenvalue weighted by Crippen LogP contribution is -2.38. The standard InChI is InChI=1S/C18H11F3N2O3S/c1-2-10-23(27(25,26)14-7-5-6-13(11-14)12-22)17(24)15-8-3-4-9-16(15)18(19,20)21/h1,3-9,11H,10H2. The van der Waals surface area contributed by atoms with E-state index < -0.39 is 44.7 Å². The largest absolute Gasteiger partial charge is 0.417 e. The molecule has 5 nitrogen and oxygen atoms in total. The number of benzene rings is 2. The van der Waals surface area contributed by atoms with Crippen LogP contribution in [0.1, 0.15) is 21.5 Å². The second-order valence-corrected chi connectivity index (χ2v) is 7.07. The van der Waals surface area contributed by atoms with Crippen molar-refractivity contribution in [1.29, 1.82) is 5.26 Å². The number of hydrogen-bond donors (Lipinski definition) is 0. The molecule has 2 aromatic carbocycles. The highest BCUT2D eigenvalue weighted by molar-refractivity contribution is 7.89. The van der Waals surface area contributed by atoms with Crippen LogP contribution in [0, 0.1) is 23.7 Å². The van der Waals surface area contributed by atoms with Gasteiger partial charge in [-0.15, -0.1) is 6.42 Å². The van der Waals surface area contributed by atoms with E-state index in [1.54, 1.807) is 6.07 Å². The Morgan fingerprint density at radius 1 is 1.15 bits per heavy atom. The summed E-state index contributed by atoms with van der Waals surface area (Å²) in [6.45, 7) is -0.774. The van der Waals surface area contributed by atoms with Crippen molar-refractivity contribution in [1.82, 2.24) is 4.31 Å². The summed E-state index contributed by atoms with van der Waals surface area (Å²) in [5.74, 6) is 0.547. The van der Waals surface area contributed by atoms with E-state index in [1.165, 1.54) is 18.2 Å². The lowest BCUT2D eigenvalue weighted by atomic mass is 10.1. The monoisotopic (exact) mass is 392 g/mol. The molecular weight excluding hydrogens is 381 g/mol. The van der Waals surface area contributed by atoms with Crippen molar-refractivity contribution in [2.75, 3.05) is 6.54 Å². The van der Waals surface area contributed by atoms with Crippen molar-refractivity contribution < 1.29 is 26.4 Å². The molecule has 0 aliphatic rings. The van der Waals surface area contributed by atoms with Crippen molar-refractivity contribution in [3.05, 3.63) is 65.2 Å². The average Bonchev–Trinajstić information content (AvgIpc) is 2.64. The van der Waals surface area contributed by atoms with Gasteiger partial charge in [0.1, 0.15) is 0 Å². The second-order valence-electron chi connectivity index (χ2n) is 5.20. The Balaban J connectivity index is 2.60. The van der Waals surface area contributed by atoms with Crippen LogP contribution in [0.4, 0.5) is 13.2 Å². The van der Waals surface area contributed by atoms with E-state index in [2.05, 4.69) is 0 Å². The summed E-state index contributed by atoms with van der Waals surface area (Å²) in [7, 11) is -4.58. The van der Waals surface area contributed by atoms with Crippen molar-refractivity contribution in [3.63, 3.8) is 0 Å². The fourth-order valence-corrected chi connectivity index (χ4v) is 3.60. The summed E-state index contributed by atoms with van der Waals surface area (Å²) < 4.78 is 65.3. The van der Waals surface area contributed by atoms with Gasteiger partial charge in [-0.2, -0.15) is 18.4 Å². The number of carbonyl (C=O) groups is 1. The summed E-state index contributed by atoms with van der Waals surface area (Å²) in [6.07, 6.45) is 0.255. The molecule has 0 radical (unpaired) electrons. The topological polar surface area (TPSA) is 78.2 Å². The zero-order valence-electron chi connectivity index (χ0n) is 13.6. The van der Waals surface area contributed by atoms with Crippen LogP contribution in [0.2, 0.25) is 0 Å². The maximum Gasteiger partial charge on any atom is 0.417 e. The van der Waals surface area contributed by atoms with Gasteiger partial charge in [0.05, 0.1) is 34.2 Å². The Morgan fingerprint density at radius 2 is 1.81 bits per heavy atom. The van der Waals surface area contributed by atoms with E-state index in [-0.39, 0.29) is 9.87 Å². The smallest absolute Gasteiger partial charge is 0.268 e. The molecule has 1 amide bonds. The third-order valence-electron chi connectivity index (χ3n) is 3.48. The minimum absolute atomic E-state index is 0.000117. The molecular formula is C18H11F3N2O3S. The maximum atomic E-state index is 13.2. The van der Waals surface area contributed by atoms with Crippen LogP contribution in [-0.2, 0) is 16.2 Å². The third kappa shape index (κ3) is 4.10. The number of nitriles is 1. The highest BCUT2D eigenvalue weighted by Gasteiger charge is 2.38. The first-order valence-electron chi connectivity index (χ1n) is 7.30. The molecule has 0 saturated carbocycles. The number of halogens is 3. The number of carbonyl (C=O) groups excluding carboxylic acids is 1. The Labute approximate surface area is 153 Å². The second kappa shape index (κ2) is 7.52. The van der Waals surface area contributed by atoms with Gasteiger partial charge in [0.2, 0.25) is 0 Å². The van der Waals surface area contributed by atoms with Crippen LogP contribution in [0.15, 0.2) is 53.4 Å². The highest BCUT2D eigenvalue weighted by atomic mass is 32.2. The number of amides is 1. The third-order valence-corrected chi connectivity index (χ3v) is 5.20. The van der Waals surface area contributed by atoms with Gasteiger partial charge >= 0.3 is 6.18 Å². The minimum Gasteiger partial charge on any atom is -0.268 e. The molecule has 0 spiro atoms. The van der Waals surface area contributed by atoms with Crippen molar-refractivity contribution in [2.24, 2.45) is 0 Å². The summed E-state index contributed by atoms with van der Waals surface area (Å²) in [5.41, 5.74) is -2.13. The molecule has 2 aromatic rings. The van der Waals surface area contributed by atoms with E-state index in [4.69, 9.17) is 11.7 Å². The van der Waals surface area contributed by atoms with Gasteiger partial charge in [-0.1, -0.05) is 24.1 Å². The first kappa shape index (κ1) is 20.0. The zero-order chi connectivity index (χ0) is 20.2. The van der Waals surface area contributed by atoms with Gasteiger partial charge in [-0.25, -0.2) is 12.7 Å². The molecule has 138 valence electrons. The lowest BCUT2D eigenvalue weighted by Gasteiger charge is -2.22. The van der Waals surface area contributed by atoms with Gasteiger partial charge in [0.15, 0.2) is 0 Å². The fourth-order valence-electron chi connectivity index (χ4n) is 2.25. The fraction of sp³-hybridized carbons (Fsp3) is 0.111. The van der Waals surface area contributed by atoms with Crippen molar-refractivity contribution in [3.8, 4) is 18.4 Å². The molecule has 0 heterocycles. The van der Waals surface area contributed by atoms with E-state index in [1.807, 2.05) is 5.92 Å². The molecule has 27 heavy (non-hydrogen) atoms. The average molecular weight is 392 g/mol. The summed E-state index contributed by atoms with van der Waals surface area (Å²) in [5, 5.41) is 8.90. The van der Waals surface area contributed by atoms with Crippen molar-refractivity contribution >= 4 is 15.9 Å². The first-order valence-corrected chi connectivity index (χ1v) is 8.74. The maximum absolute atomic E-state index is 13.2. The van der Waals surface area contributed by atoms with E-state index >= 15 is 0 Å². The Bertz CT molecular complexity index is 1060. The van der Waals surface area contributed by atoms with Gasteiger partial charge < -0.3 is 0 Å². The number of terminal acetylenes is 1.